The maximum atomic E-state index is 12.3. The van der Waals surface area contributed by atoms with Crippen molar-refractivity contribution in [2.75, 3.05) is 0 Å². The van der Waals surface area contributed by atoms with Crippen LogP contribution in [0.25, 0.3) is 0 Å². The van der Waals surface area contributed by atoms with Crippen molar-refractivity contribution in [3.63, 3.8) is 0 Å². The van der Waals surface area contributed by atoms with Crippen molar-refractivity contribution in [3.05, 3.63) is 11.6 Å². The smallest absolute Gasteiger partial charge is 0.304 e. The first kappa shape index (κ1) is 15.2. The molecule has 27 heavy (non-hydrogen) atoms. The lowest BCUT2D eigenvalue weighted by Crippen LogP contribution is -2.55. The SMILES string of the molecule is [2H]C([2H])([2H])C(=O)O[C@@]1(C#C)CC[C@H]2[C@@H]3CCC4=C/C(=N/O)CC[C@@H]4[C@H]3CC[C@@]21CC. The number of hydrogen-bond acceptors (Lipinski definition) is 4. The molecular formula is C23H31NO3. The molecule has 0 radical (unpaired) electrons. The van der Waals surface area contributed by atoms with Crippen LogP contribution in [0.3, 0.4) is 0 Å². The lowest BCUT2D eigenvalue weighted by atomic mass is 9.49. The fourth-order valence-corrected chi connectivity index (χ4v) is 7.37. The molecule has 146 valence electrons. The van der Waals surface area contributed by atoms with E-state index < -0.39 is 18.4 Å². The number of allylic oxidation sites excluding steroid dienone is 2. The Hall–Kier alpha value is -1.76. The molecule has 3 saturated carbocycles. The van der Waals surface area contributed by atoms with Crippen LogP contribution < -0.4 is 0 Å². The Labute approximate surface area is 166 Å². The minimum absolute atomic E-state index is 0.344. The van der Waals surface area contributed by atoms with E-state index in [9.17, 15) is 4.79 Å². The van der Waals surface area contributed by atoms with Crippen molar-refractivity contribution in [2.24, 2.45) is 34.2 Å². The maximum Gasteiger partial charge on any atom is 0.304 e. The van der Waals surface area contributed by atoms with Crippen molar-refractivity contribution >= 4 is 11.7 Å². The molecule has 0 heterocycles. The normalized spacial score (nSPS) is 46.6. The second-order valence-electron chi connectivity index (χ2n) is 8.88. The van der Waals surface area contributed by atoms with Crippen LogP contribution in [-0.4, -0.2) is 22.5 Å². The van der Waals surface area contributed by atoms with Gasteiger partial charge in [-0.15, -0.1) is 6.42 Å². The van der Waals surface area contributed by atoms with Crippen LogP contribution in [0.4, 0.5) is 0 Å². The Kier molecular flexibility index (Phi) is 3.76. The highest BCUT2D eigenvalue weighted by Crippen LogP contribution is 2.67. The zero-order valence-electron chi connectivity index (χ0n) is 19.0. The minimum atomic E-state index is -2.80. The molecule has 4 rings (SSSR count). The van der Waals surface area contributed by atoms with Gasteiger partial charge in [0.2, 0.25) is 0 Å². The summed E-state index contributed by atoms with van der Waals surface area (Å²) in [7, 11) is 0. The van der Waals surface area contributed by atoms with E-state index in [0.717, 1.165) is 57.1 Å². The predicted octanol–water partition coefficient (Wildman–Crippen LogP) is 4.71. The summed E-state index contributed by atoms with van der Waals surface area (Å²) in [5.74, 6) is 3.56. The highest BCUT2D eigenvalue weighted by atomic mass is 16.6. The highest BCUT2D eigenvalue weighted by molar-refractivity contribution is 5.96. The van der Waals surface area contributed by atoms with Gasteiger partial charge in [0.25, 0.3) is 0 Å². The van der Waals surface area contributed by atoms with Gasteiger partial charge < -0.3 is 9.94 Å². The average Bonchev–Trinajstić information content (AvgIpc) is 3.07. The molecule has 0 amide bonds. The maximum absolute atomic E-state index is 12.3. The summed E-state index contributed by atoms with van der Waals surface area (Å²) >= 11 is 0. The van der Waals surface area contributed by atoms with Crippen LogP contribution in [0.15, 0.2) is 16.8 Å². The second-order valence-corrected chi connectivity index (χ2v) is 8.88. The number of hydrogen-bond donors (Lipinski definition) is 1. The van der Waals surface area contributed by atoms with E-state index in [1.54, 1.807) is 0 Å². The molecule has 0 aromatic rings. The van der Waals surface area contributed by atoms with Crippen molar-refractivity contribution in [2.45, 2.75) is 77.2 Å². The lowest BCUT2D eigenvalue weighted by molar-refractivity contribution is -0.170. The Morgan fingerprint density at radius 2 is 2.22 bits per heavy atom. The quantitative estimate of drug-likeness (QED) is 0.330. The second kappa shape index (κ2) is 6.69. The van der Waals surface area contributed by atoms with Crippen LogP contribution in [-0.2, 0) is 9.53 Å². The Balaban J connectivity index is 1.64. The lowest BCUT2D eigenvalue weighted by Gasteiger charge is -2.56. The third-order valence-electron chi connectivity index (χ3n) is 8.39. The predicted molar refractivity (Wildman–Crippen MR) is 104 cm³/mol. The third-order valence-corrected chi connectivity index (χ3v) is 8.39. The third kappa shape index (κ3) is 2.57. The molecule has 0 spiro atoms. The molecule has 4 aliphatic carbocycles. The summed E-state index contributed by atoms with van der Waals surface area (Å²) in [6.07, 6.45) is 16.0. The zero-order chi connectivity index (χ0) is 21.7. The molecule has 0 aliphatic heterocycles. The number of fused-ring (bicyclic) bond motifs is 5. The molecule has 6 atom stereocenters. The Bertz CT molecular complexity index is 827. The molecular weight excluding hydrogens is 338 g/mol. The number of oxime groups is 1. The summed E-state index contributed by atoms with van der Waals surface area (Å²) in [5, 5.41) is 12.6. The van der Waals surface area contributed by atoms with Crippen molar-refractivity contribution in [1.29, 1.82) is 0 Å². The van der Waals surface area contributed by atoms with Gasteiger partial charge in [-0.2, -0.15) is 0 Å². The van der Waals surface area contributed by atoms with Gasteiger partial charge in [-0.1, -0.05) is 23.6 Å². The van der Waals surface area contributed by atoms with Gasteiger partial charge in [0, 0.05) is 16.4 Å². The number of rotatable bonds is 2. The van der Waals surface area contributed by atoms with Gasteiger partial charge in [0.1, 0.15) is 0 Å². The molecule has 0 aromatic carbocycles. The average molecular weight is 373 g/mol. The van der Waals surface area contributed by atoms with Gasteiger partial charge in [-0.3, -0.25) is 4.79 Å². The van der Waals surface area contributed by atoms with Crippen LogP contribution in [0.5, 0.6) is 0 Å². The highest BCUT2D eigenvalue weighted by Gasteiger charge is 2.65. The van der Waals surface area contributed by atoms with Crippen molar-refractivity contribution in [1.82, 2.24) is 0 Å². The number of terminal acetylenes is 1. The largest absolute Gasteiger partial charge is 0.445 e. The van der Waals surface area contributed by atoms with Crippen LogP contribution >= 0.6 is 0 Å². The van der Waals surface area contributed by atoms with E-state index in [-0.39, 0.29) is 5.41 Å². The Morgan fingerprint density at radius 3 is 2.93 bits per heavy atom. The minimum Gasteiger partial charge on any atom is -0.445 e. The van der Waals surface area contributed by atoms with E-state index in [1.807, 2.05) is 0 Å². The van der Waals surface area contributed by atoms with Gasteiger partial charge in [0.15, 0.2) is 5.60 Å². The van der Waals surface area contributed by atoms with Gasteiger partial charge in [0.05, 0.1) is 5.71 Å². The van der Waals surface area contributed by atoms with E-state index >= 15 is 0 Å². The topological polar surface area (TPSA) is 58.9 Å². The number of carbonyl (C=O) groups is 1. The van der Waals surface area contributed by atoms with Crippen LogP contribution in [0.1, 0.15) is 75.7 Å². The molecule has 1 N–H and O–H groups in total. The molecule has 4 heteroatoms. The van der Waals surface area contributed by atoms with Crippen LogP contribution in [0, 0.1) is 41.4 Å². The number of nitrogens with zero attached hydrogens (tertiary/aromatic N) is 1. The fourth-order valence-electron chi connectivity index (χ4n) is 7.37. The molecule has 4 nitrogen and oxygen atoms in total. The monoisotopic (exact) mass is 372 g/mol. The van der Waals surface area contributed by atoms with Gasteiger partial charge >= 0.3 is 5.97 Å². The van der Waals surface area contributed by atoms with Crippen molar-refractivity contribution in [3.8, 4) is 12.3 Å². The van der Waals surface area contributed by atoms with E-state index in [0.29, 0.717) is 30.1 Å². The molecule has 3 fully saturated rings. The van der Waals surface area contributed by atoms with Crippen LogP contribution in [0.2, 0.25) is 0 Å². The molecule has 4 aliphatic rings. The number of carbonyl (C=O) groups excluding carboxylic acids is 1. The molecule has 0 aromatic heterocycles. The first-order valence-corrected chi connectivity index (χ1v) is 10.3. The van der Waals surface area contributed by atoms with E-state index in [4.69, 9.17) is 20.5 Å². The summed E-state index contributed by atoms with van der Waals surface area (Å²) < 4.78 is 28.1. The summed E-state index contributed by atoms with van der Waals surface area (Å²) in [4.78, 5) is 12.3. The molecule has 0 saturated heterocycles. The van der Waals surface area contributed by atoms with Gasteiger partial charge in [-0.25, -0.2) is 0 Å². The Morgan fingerprint density at radius 1 is 1.37 bits per heavy atom. The molecule has 0 bridgehead atoms. The summed E-state index contributed by atoms with van der Waals surface area (Å²) in [6.45, 7) is -0.695. The first-order chi connectivity index (χ1) is 14.2. The van der Waals surface area contributed by atoms with Crippen molar-refractivity contribution < 1.29 is 18.9 Å². The first-order valence-electron chi connectivity index (χ1n) is 11.8. The fraction of sp³-hybridized carbons (Fsp3) is 0.739. The standard InChI is InChI=1S/C23H31NO3/c1-4-22-12-10-19-18-9-7-17(24-26)14-16(18)6-8-20(19)21(22)11-13-23(22,5-2)27-15(3)25/h2,14,18-21,26H,4,6-13H2,1,3H3/b24-17+/t18-,19+,20+,21-,22-,23-/m0/s1/i3D3. The molecule has 0 unspecified atom stereocenters. The van der Waals surface area contributed by atoms with E-state index in [2.05, 4.69) is 24.1 Å². The zero-order valence-corrected chi connectivity index (χ0v) is 16.0. The van der Waals surface area contributed by atoms with E-state index in [1.165, 1.54) is 5.57 Å². The van der Waals surface area contributed by atoms with Gasteiger partial charge in [-0.05, 0) is 87.5 Å². The summed E-state index contributed by atoms with van der Waals surface area (Å²) in [6, 6.07) is 0. The number of esters is 1. The summed E-state index contributed by atoms with van der Waals surface area (Å²) in [5.41, 5.74) is 0.719. The number of ether oxygens (including phenoxy) is 1.